The third-order valence-corrected chi connectivity index (χ3v) is 6.79. The lowest BCUT2D eigenvalue weighted by molar-refractivity contribution is -0.186. The van der Waals surface area contributed by atoms with E-state index in [2.05, 4.69) is 17.0 Å². The first-order valence-corrected chi connectivity index (χ1v) is 10.5. The van der Waals surface area contributed by atoms with Crippen LogP contribution in [-0.4, -0.2) is 64.7 Å². The number of likely N-dealkylation sites (tertiary alicyclic amines) is 2. The van der Waals surface area contributed by atoms with Crippen LogP contribution in [0.3, 0.4) is 0 Å². The number of aliphatic hydroxyl groups excluding tert-OH is 1. The lowest BCUT2D eigenvalue weighted by Crippen LogP contribution is -2.55. The van der Waals surface area contributed by atoms with Crippen molar-refractivity contribution in [3.05, 3.63) is 35.9 Å². The molecule has 27 heavy (non-hydrogen) atoms. The molecule has 0 aromatic heterocycles. The highest BCUT2D eigenvalue weighted by Gasteiger charge is 2.44. The van der Waals surface area contributed by atoms with Crippen LogP contribution >= 0.6 is 0 Å². The molecule has 0 unspecified atom stereocenters. The summed E-state index contributed by atoms with van der Waals surface area (Å²) in [5, 5.41) is 10.5. The summed E-state index contributed by atoms with van der Waals surface area (Å²) in [5.74, 6) is 0.197. The number of aliphatic hydroxyl groups is 1. The van der Waals surface area contributed by atoms with Gasteiger partial charge in [0.05, 0.1) is 17.8 Å². The molecule has 1 spiro atoms. The molecule has 3 saturated heterocycles. The number of ether oxygens (including phenoxy) is 1. The summed E-state index contributed by atoms with van der Waals surface area (Å²) in [6, 6.07) is 10.9. The molecule has 2 atom stereocenters. The van der Waals surface area contributed by atoms with Crippen molar-refractivity contribution in [2.75, 3.05) is 26.2 Å². The lowest BCUT2D eigenvalue weighted by atomic mass is 9.80. The molecular weight excluding hydrogens is 340 g/mol. The molecule has 5 nitrogen and oxygen atoms in total. The van der Waals surface area contributed by atoms with Crippen molar-refractivity contribution < 1.29 is 14.6 Å². The minimum absolute atomic E-state index is 0.000283. The molecule has 5 heteroatoms. The van der Waals surface area contributed by atoms with Crippen LogP contribution in [0, 0.1) is 0 Å². The van der Waals surface area contributed by atoms with E-state index in [9.17, 15) is 9.90 Å². The van der Waals surface area contributed by atoms with Crippen molar-refractivity contribution in [3.63, 3.8) is 0 Å². The van der Waals surface area contributed by atoms with Crippen molar-refractivity contribution in [2.24, 2.45) is 0 Å². The third kappa shape index (κ3) is 4.20. The predicted octanol–water partition coefficient (Wildman–Crippen LogP) is 2.74. The van der Waals surface area contributed by atoms with Crippen molar-refractivity contribution in [2.45, 2.75) is 69.3 Å². The Bertz CT molecular complexity index is 634. The summed E-state index contributed by atoms with van der Waals surface area (Å²) in [7, 11) is 0. The number of rotatable bonds is 2. The standard InChI is InChI=1S/C22H32N2O3/c1-17(25)23-11-7-19(8-12-23)24-13-9-22(10-14-24)16-20(26)15-21(27-22)18-5-3-2-4-6-18/h2-6,19-21,26H,7-16H2,1H3/t20-,21+/m0/s1. The molecule has 1 amide bonds. The van der Waals surface area contributed by atoms with Crippen LogP contribution in [-0.2, 0) is 9.53 Å². The molecule has 1 N–H and O–H groups in total. The summed E-state index contributed by atoms with van der Waals surface area (Å²) in [4.78, 5) is 16.1. The maximum atomic E-state index is 11.5. The van der Waals surface area contributed by atoms with Gasteiger partial charge in [-0.1, -0.05) is 30.3 Å². The number of nitrogens with zero attached hydrogens (tertiary/aromatic N) is 2. The second-order valence-corrected chi connectivity index (χ2v) is 8.57. The van der Waals surface area contributed by atoms with E-state index in [0.717, 1.165) is 58.3 Å². The van der Waals surface area contributed by atoms with Crippen molar-refractivity contribution >= 4 is 5.91 Å². The van der Waals surface area contributed by atoms with Gasteiger partial charge in [-0.3, -0.25) is 4.79 Å². The van der Waals surface area contributed by atoms with E-state index < -0.39 is 0 Å². The topological polar surface area (TPSA) is 53.0 Å². The van der Waals surface area contributed by atoms with E-state index in [1.165, 1.54) is 5.56 Å². The van der Waals surface area contributed by atoms with E-state index in [-0.39, 0.29) is 23.7 Å². The van der Waals surface area contributed by atoms with Gasteiger partial charge >= 0.3 is 0 Å². The van der Waals surface area contributed by atoms with Gasteiger partial charge in [0.2, 0.25) is 5.91 Å². The largest absolute Gasteiger partial charge is 0.393 e. The zero-order valence-electron chi connectivity index (χ0n) is 16.3. The molecule has 3 aliphatic heterocycles. The normalized spacial score (nSPS) is 29.8. The Labute approximate surface area is 162 Å². The van der Waals surface area contributed by atoms with E-state index in [0.29, 0.717) is 12.5 Å². The first-order chi connectivity index (χ1) is 13.0. The molecule has 148 valence electrons. The van der Waals surface area contributed by atoms with Crippen LogP contribution in [0.4, 0.5) is 0 Å². The lowest BCUT2D eigenvalue weighted by Gasteiger charge is -2.50. The number of hydrogen-bond donors (Lipinski definition) is 1. The number of amides is 1. The fourth-order valence-electron chi connectivity index (χ4n) is 5.19. The Hall–Kier alpha value is -1.43. The van der Waals surface area contributed by atoms with Crippen molar-refractivity contribution in [1.82, 2.24) is 9.80 Å². The van der Waals surface area contributed by atoms with E-state index in [4.69, 9.17) is 4.74 Å². The molecule has 1 aromatic carbocycles. The van der Waals surface area contributed by atoms with E-state index in [1.807, 2.05) is 23.1 Å². The number of hydrogen-bond acceptors (Lipinski definition) is 4. The highest BCUT2D eigenvalue weighted by atomic mass is 16.5. The monoisotopic (exact) mass is 372 g/mol. The van der Waals surface area contributed by atoms with E-state index in [1.54, 1.807) is 6.92 Å². The van der Waals surface area contributed by atoms with Gasteiger partial charge in [0.15, 0.2) is 0 Å². The van der Waals surface area contributed by atoms with Gasteiger partial charge in [-0.05, 0) is 31.2 Å². The SMILES string of the molecule is CC(=O)N1CCC(N2CCC3(CC2)C[C@@H](O)C[C@H](c2ccccc2)O3)CC1. The maximum Gasteiger partial charge on any atom is 0.219 e. The molecule has 1 aromatic rings. The maximum absolute atomic E-state index is 11.5. The fourth-order valence-corrected chi connectivity index (χ4v) is 5.19. The smallest absolute Gasteiger partial charge is 0.219 e. The number of benzene rings is 1. The fraction of sp³-hybridized carbons (Fsp3) is 0.682. The van der Waals surface area contributed by atoms with Crippen LogP contribution in [0.25, 0.3) is 0 Å². The second kappa shape index (κ2) is 7.90. The highest BCUT2D eigenvalue weighted by molar-refractivity contribution is 5.73. The summed E-state index contributed by atoms with van der Waals surface area (Å²) >= 11 is 0. The number of carbonyl (C=O) groups excluding carboxylic acids is 1. The summed E-state index contributed by atoms with van der Waals surface area (Å²) in [6.45, 7) is 5.48. The molecule has 3 aliphatic rings. The molecular formula is C22H32N2O3. The van der Waals surface area contributed by atoms with E-state index >= 15 is 0 Å². The minimum Gasteiger partial charge on any atom is -0.393 e. The zero-order valence-corrected chi connectivity index (χ0v) is 16.3. The number of piperidine rings is 2. The quantitative estimate of drug-likeness (QED) is 0.867. The minimum atomic E-state index is -0.283. The molecule has 3 fully saturated rings. The summed E-state index contributed by atoms with van der Waals surface area (Å²) < 4.78 is 6.62. The average Bonchev–Trinajstić information content (AvgIpc) is 2.69. The van der Waals surface area contributed by atoms with Crippen LogP contribution in [0.15, 0.2) is 30.3 Å². The van der Waals surface area contributed by atoms with Crippen LogP contribution in [0.5, 0.6) is 0 Å². The van der Waals surface area contributed by atoms with Gasteiger partial charge in [0.25, 0.3) is 0 Å². The first-order valence-electron chi connectivity index (χ1n) is 10.5. The van der Waals surface area contributed by atoms with Gasteiger partial charge in [-0.2, -0.15) is 0 Å². The second-order valence-electron chi connectivity index (χ2n) is 8.57. The predicted molar refractivity (Wildman–Crippen MR) is 104 cm³/mol. The Morgan fingerprint density at radius 3 is 2.41 bits per heavy atom. The Balaban J connectivity index is 1.35. The van der Waals surface area contributed by atoms with Gasteiger partial charge in [-0.15, -0.1) is 0 Å². The van der Waals surface area contributed by atoms with Gasteiger partial charge in [0.1, 0.15) is 0 Å². The third-order valence-electron chi connectivity index (χ3n) is 6.79. The molecule has 0 bridgehead atoms. The first kappa shape index (κ1) is 18.9. The summed E-state index contributed by atoms with van der Waals surface area (Å²) in [5.41, 5.74) is 0.990. The zero-order chi connectivity index (χ0) is 18.9. The molecule has 0 radical (unpaired) electrons. The van der Waals surface area contributed by atoms with Crippen LogP contribution in [0.2, 0.25) is 0 Å². The van der Waals surface area contributed by atoms with Crippen molar-refractivity contribution in [1.29, 1.82) is 0 Å². The Kier molecular flexibility index (Phi) is 5.53. The van der Waals surface area contributed by atoms with Gasteiger partial charge < -0.3 is 19.6 Å². The van der Waals surface area contributed by atoms with Gasteiger partial charge in [0, 0.05) is 52.0 Å². The Morgan fingerprint density at radius 1 is 1.11 bits per heavy atom. The average molecular weight is 373 g/mol. The Morgan fingerprint density at radius 2 is 1.78 bits per heavy atom. The van der Waals surface area contributed by atoms with Crippen LogP contribution < -0.4 is 0 Å². The number of carbonyl (C=O) groups is 1. The molecule has 3 heterocycles. The van der Waals surface area contributed by atoms with Crippen molar-refractivity contribution in [3.8, 4) is 0 Å². The van der Waals surface area contributed by atoms with Crippen LogP contribution in [0.1, 0.15) is 57.1 Å². The van der Waals surface area contributed by atoms with Gasteiger partial charge in [-0.25, -0.2) is 0 Å². The highest BCUT2D eigenvalue weighted by Crippen LogP contribution is 2.43. The summed E-state index contributed by atoms with van der Waals surface area (Å²) in [6.07, 6.45) is 5.28. The molecule has 0 aliphatic carbocycles. The molecule has 0 saturated carbocycles. The molecule has 4 rings (SSSR count).